The third-order valence-electron chi connectivity index (χ3n) is 10.1. The molecule has 256 valence electrons. The fourth-order valence-electron chi connectivity index (χ4n) is 7.34. The fourth-order valence-corrected chi connectivity index (χ4v) is 7.34. The van der Waals surface area contributed by atoms with Crippen LogP contribution in [0.1, 0.15) is 120 Å². The number of hydrogen-bond donors (Lipinski definition) is 1. The van der Waals surface area contributed by atoms with Crippen LogP contribution in [0.5, 0.6) is 0 Å². The molecule has 3 aliphatic heterocycles. The zero-order chi connectivity index (χ0) is 33.5. The van der Waals surface area contributed by atoms with Gasteiger partial charge in [-0.15, -0.1) is 0 Å². The largest absolute Gasteiger partial charge is 0.342 e. The number of amides is 4. The Morgan fingerprint density at radius 3 is 1.96 bits per heavy atom. The van der Waals surface area contributed by atoms with Crippen LogP contribution < -0.4 is 5.32 Å². The van der Waals surface area contributed by atoms with E-state index in [1.54, 1.807) is 23.8 Å². The molecule has 3 heterocycles. The van der Waals surface area contributed by atoms with E-state index in [1.807, 2.05) is 45.6 Å². The minimum Gasteiger partial charge on any atom is -0.342 e. The summed E-state index contributed by atoms with van der Waals surface area (Å²) in [6.07, 6.45) is 11.9. The molecule has 3 aliphatic rings. The molecule has 4 atom stereocenters. The molecule has 9 heteroatoms. The van der Waals surface area contributed by atoms with Crippen molar-refractivity contribution in [2.75, 3.05) is 33.2 Å². The number of likely N-dealkylation sites (tertiary alicyclic amines) is 3. The number of nitrogens with one attached hydrogen (secondary N) is 1. The van der Waals surface area contributed by atoms with Gasteiger partial charge < -0.3 is 20.0 Å². The Balaban J connectivity index is 1.77. The van der Waals surface area contributed by atoms with E-state index in [0.29, 0.717) is 18.5 Å². The predicted molar refractivity (Wildman–Crippen MR) is 180 cm³/mol. The highest BCUT2D eigenvalue weighted by Crippen LogP contribution is 2.27. The number of rotatable bonds is 9. The second-order valence-corrected chi connectivity index (χ2v) is 15.4. The zero-order valence-electron chi connectivity index (χ0n) is 29.9. The SMILES string of the molecule is C/C(=C\[C@H](C(C)C)N(C)C(=O)[C@@H](NC(=O)[C@H]1CCCCN1C(C)C)C(C)(C)C)C(=O)N1CCC[C@H]1C(=O)N1CCCCCCC1. The molecule has 0 radical (unpaired) electrons. The lowest BCUT2D eigenvalue weighted by Gasteiger charge is -2.41. The monoisotopic (exact) mass is 629 g/mol. The summed E-state index contributed by atoms with van der Waals surface area (Å²) in [6.45, 7) is 19.1. The first-order chi connectivity index (χ1) is 21.1. The quantitative estimate of drug-likeness (QED) is 0.363. The summed E-state index contributed by atoms with van der Waals surface area (Å²) in [7, 11) is 1.78. The smallest absolute Gasteiger partial charge is 0.249 e. The molecular formula is C36H63N5O4. The van der Waals surface area contributed by atoms with Crippen molar-refractivity contribution < 1.29 is 19.2 Å². The molecule has 1 N–H and O–H groups in total. The van der Waals surface area contributed by atoms with Crippen molar-refractivity contribution in [2.45, 2.75) is 150 Å². The van der Waals surface area contributed by atoms with Crippen LogP contribution >= 0.6 is 0 Å². The third kappa shape index (κ3) is 9.55. The van der Waals surface area contributed by atoms with Crippen LogP contribution in [-0.4, -0.2) is 107 Å². The molecule has 0 aromatic heterocycles. The molecular weight excluding hydrogens is 566 g/mol. The van der Waals surface area contributed by atoms with Crippen LogP contribution in [0.25, 0.3) is 0 Å². The van der Waals surface area contributed by atoms with E-state index in [2.05, 4.69) is 24.1 Å². The first kappa shape index (κ1) is 37.0. The molecule has 0 aromatic carbocycles. The molecule has 3 saturated heterocycles. The van der Waals surface area contributed by atoms with Crippen LogP contribution in [0.3, 0.4) is 0 Å². The second-order valence-electron chi connectivity index (χ2n) is 15.4. The van der Waals surface area contributed by atoms with Gasteiger partial charge in [-0.3, -0.25) is 24.1 Å². The highest BCUT2D eigenvalue weighted by Gasteiger charge is 2.41. The maximum Gasteiger partial charge on any atom is 0.249 e. The maximum absolute atomic E-state index is 14.2. The highest BCUT2D eigenvalue weighted by atomic mass is 16.2. The van der Waals surface area contributed by atoms with E-state index in [0.717, 1.165) is 71.0 Å². The Hall–Kier alpha value is -2.42. The molecule has 0 bridgehead atoms. The Morgan fingerprint density at radius 2 is 1.38 bits per heavy atom. The van der Waals surface area contributed by atoms with E-state index < -0.39 is 17.5 Å². The Bertz CT molecular complexity index is 1060. The second kappa shape index (κ2) is 16.4. The Morgan fingerprint density at radius 1 is 0.800 bits per heavy atom. The van der Waals surface area contributed by atoms with Crippen molar-refractivity contribution in [3.63, 3.8) is 0 Å². The van der Waals surface area contributed by atoms with Gasteiger partial charge in [0.25, 0.3) is 0 Å². The third-order valence-corrected chi connectivity index (χ3v) is 10.1. The Labute approximate surface area is 273 Å². The molecule has 3 fully saturated rings. The van der Waals surface area contributed by atoms with Gasteiger partial charge in [-0.25, -0.2) is 0 Å². The van der Waals surface area contributed by atoms with Crippen molar-refractivity contribution in [1.82, 2.24) is 24.9 Å². The zero-order valence-corrected chi connectivity index (χ0v) is 29.9. The van der Waals surface area contributed by atoms with Crippen molar-refractivity contribution in [2.24, 2.45) is 11.3 Å². The highest BCUT2D eigenvalue weighted by molar-refractivity contribution is 5.97. The van der Waals surface area contributed by atoms with Gasteiger partial charge >= 0.3 is 0 Å². The lowest BCUT2D eigenvalue weighted by Crippen LogP contribution is -2.60. The summed E-state index contributed by atoms with van der Waals surface area (Å²) >= 11 is 0. The minimum absolute atomic E-state index is 0.0323. The Kier molecular flexibility index (Phi) is 13.5. The average molecular weight is 630 g/mol. The standard InChI is InChI=1S/C36H63N5O4/c1-25(2)30(24-27(5)33(43)41-23-17-19-29(41)34(44)39-20-14-11-10-12-15-21-39)38(9)35(45)31(36(6,7)8)37-32(42)28-18-13-16-22-40(28)26(3)4/h24-26,28-31H,10-23H2,1-9H3,(H,37,42)/b27-24+/t28-,29+,30-,31-/m1/s1. The van der Waals surface area contributed by atoms with Crippen LogP contribution in [0.15, 0.2) is 11.6 Å². The average Bonchev–Trinajstić information content (AvgIpc) is 3.46. The molecule has 4 amide bonds. The van der Waals surface area contributed by atoms with Gasteiger partial charge in [0, 0.05) is 38.3 Å². The van der Waals surface area contributed by atoms with Gasteiger partial charge in [0.1, 0.15) is 12.1 Å². The van der Waals surface area contributed by atoms with Gasteiger partial charge in [-0.05, 0) is 77.2 Å². The molecule has 3 rings (SSSR count). The van der Waals surface area contributed by atoms with Gasteiger partial charge in [-0.1, -0.05) is 66.4 Å². The molecule has 0 spiro atoms. The summed E-state index contributed by atoms with van der Waals surface area (Å²) in [5.41, 5.74) is 0.0380. The maximum atomic E-state index is 14.2. The van der Waals surface area contributed by atoms with E-state index in [4.69, 9.17) is 0 Å². The fraction of sp³-hybridized carbons (Fsp3) is 0.833. The predicted octanol–water partition coefficient (Wildman–Crippen LogP) is 4.99. The van der Waals surface area contributed by atoms with Crippen LogP contribution in [0.4, 0.5) is 0 Å². The molecule has 0 saturated carbocycles. The summed E-state index contributed by atoms with van der Waals surface area (Å²) in [5.74, 6) is -0.260. The topological polar surface area (TPSA) is 93.3 Å². The number of likely N-dealkylation sites (N-methyl/N-ethyl adjacent to an activating group) is 1. The van der Waals surface area contributed by atoms with E-state index in [9.17, 15) is 19.2 Å². The lowest BCUT2D eigenvalue weighted by atomic mass is 9.84. The number of nitrogens with zero attached hydrogens (tertiary/aromatic N) is 4. The van der Waals surface area contributed by atoms with Gasteiger partial charge in [0.05, 0.1) is 12.1 Å². The molecule has 9 nitrogen and oxygen atoms in total. The van der Waals surface area contributed by atoms with Crippen molar-refractivity contribution in [1.29, 1.82) is 0 Å². The minimum atomic E-state index is -0.713. The first-order valence-corrected chi connectivity index (χ1v) is 17.8. The molecule has 0 aliphatic carbocycles. The van der Waals surface area contributed by atoms with Gasteiger partial charge in [0.15, 0.2) is 0 Å². The lowest BCUT2D eigenvalue weighted by molar-refractivity contribution is -0.142. The van der Waals surface area contributed by atoms with Crippen LogP contribution in [0.2, 0.25) is 0 Å². The van der Waals surface area contributed by atoms with Crippen molar-refractivity contribution >= 4 is 23.6 Å². The first-order valence-electron chi connectivity index (χ1n) is 17.8. The molecule has 0 aromatic rings. The number of carbonyl (C=O) groups excluding carboxylic acids is 4. The summed E-state index contributed by atoms with van der Waals surface area (Å²) < 4.78 is 0. The van der Waals surface area contributed by atoms with Crippen LogP contribution in [-0.2, 0) is 19.2 Å². The molecule has 0 unspecified atom stereocenters. The number of hydrogen-bond acceptors (Lipinski definition) is 5. The van der Waals surface area contributed by atoms with Gasteiger partial charge in [0.2, 0.25) is 23.6 Å². The van der Waals surface area contributed by atoms with Crippen molar-refractivity contribution in [3.05, 3.63) is 11.6 Å². The number of piperidine rings is 1. The summed E-state index contributed by atoms with van der Waals surface area (Å²) in [4.78, 5) is 62.9. The van der Waals surface area contributed by atoms with Gasteiger partial charge in [-0.2, -0.15) is 0 Å². The molecule has 45 heavy (non-hydrogen) atoms. The van der Waals surface area contributed by atoms with E-state index >= 15 is 0 Å². The van der Waals surface area contributed by atoms with Crippen molar-refractivity contribution in [3.8, 4) is 0 Å². The number of carbonyl (C=O) groups is 4. The summed E-state index contributed by atoms with van der Waals surface area (Å²) in [6, 6.07) is -1.46. The normalized spacial score (nSPS) is 23.8. The van der Waals surface area contributed by atoms with E-state index in [1.165, 1.54) is 6.42 Å². The van der Waals surface area contributed by atoms with Crippen LogP contribution in [0, 0.1) is 11.3 Å². The van der Waals surface area contributed by atoms with E-state index in [-0.39, 0.29) is 47.7 Å². The summed E-state index contributed by atoms with van der Waals surface area (Å²) in [5, 5.41) is 3.15.